The number of hydrogen-bond acceptors (Lipinski definition) is 2. The quantitative estimate of drug-likeness (QED) is 0.793. The van der Waals surface area contributed by atoms with Crippen LogP contribution in [0.5, 0.6) is 0 Å². The molecule has 118 valence electrons. The van der Waals surface area contributed by atoms with Crippen molar-refractivity contribution < 1.29 is 0 Å². The lowest BCUT2D eigenvalue weighted by Crippen LogP contribution is -2.65. The third kappa shape index (κ3) is 3.06. The van der Waals surface area contributed by atoms with Crippen molar-refractivity contribution in [1.82, 2.24) is 10.2 Å². The van der Waals surface area contributed by atoms with Crippen molar-refractivity contribution in [2.45, 2.75) is 78.8 Å². The maximum atomic E-state index is 3.89. The van der Waals surface area contributed by atoms with Crippen LogP contribution in [-0.4, -0.2) is 36.1 Å². The van der Waals surface area contributed by atoms with Crippen LogP contribution in [0.4, 0.5) is 0 Å². The van der Waals surface area contributed by atoms with Crippen LogP contribution in [0.25, 0.3) is 0 Å². The average Bonchev–Trinajstić information content (AvgIpc) is 3.19. The second kappa shape index (κ2) is 5.96. The first kappa shape index (κ1) is 16.3. The maximum Gasteiger partial charge on any atom is 0.0304 e. The first-order valence-corrected chi connectivity index (χ1v) is 8.87. The minimum Gasteiger partial charge on any atom is -0.308 e. The van der Waals surface area contributed by atoms with E-state index in [1.165, 1.54) is 45.3 Å². The lowest BCUT2D eigenvalue weighted by Gasteiger charge is -2.50. The molecule has 0 bridgehead atoms. The lowest BCUT2D eigenvalue weighted by molar-refractivity contribution is 0.0275. The molecule has 0 amide bonds. The van der Waals surface area contributed by atoms with Crippen molar-refractivity contribution >= 4 is 0 Å². The van der Waals surface area contributed by atoms with Crippen LogP contribution in [0.2, 0.25) is 0 Å². The summed E-state index contributed by atoms with van der Waals surface area (Å²) in [6.45, 7) is 18.1. The summed E-state index contributed by atoms with van der Waals surface area (Å²) in [4.78, 5) is 2.85. The van der Waals surface area contributed by atoms with E-state index in [-0.39, 0.29) is 0 Å². The maximum absolute atomic E-state index is 3.89. The van der Waals surface area contributed by atoms with E-state index >= 15 is 0 Å². The molecular weight excluding hydrogens is 244 g/mol. The van der Waals surface area contributed by atoms with Crippen molar-refractivity contribution in [2.24, 2.45) is 17.3 Å². The summed E-state index contributed by atoms with van der Waals surface area (Å²) < 4.78 is 0. The van der Waals surface area contributed by atoms with E-state index in [1.54, 1.807) is 0 Å². The van der Waals surface area contributed by atoms with Crippen LogP contribution in [-0.2, 0) is 0 Å². The van der Waals surface area contributed by atoms with Gasteiger partial charge >= 0.3 is 0 Å². The third-order valence-electron chi connectivity index (χ3n) is 6.42. The Hall–Kier alpha value is -0.0800. The molecule has 2 rings (SSSR count). The van der Waals surface area contributed by atoms with Gasteiger partial charge in [-0.2, -0.15) is 0 Å². The van der Waals surface area contributed by atoms with E-state index in [1.807, 2.05) is 0 Å². The molecule has 0 spiro atoms. The lowest BCUT2D eigenvalue weighted by atomic mass is 9.84. The Balaban J connectivity index is 2.11. The molecule has 1 saturated carbocycles. The number of nitrogens with zero attached hydrogens (tertiary/aromatic N) is 1. The van der Waals surface area contributed by atoms with E-state index in [0.717, 1.165) is 17.9 Å². The zero-order valence-electron chi connectivity index (χ0n) is 14.6. The Bertz CT molecular complexity index is 311. The molecule has 1 N–H and O–H groups in total. The number of rotatable bonds is 6. The third-order valence-corrected chi connectivity index (χ3v) is 6.42. The second-order valence-electron chi connectivity index (χ2n) is 8.10. The molecule has 1 atom stereocenters. The zero-order valence-corrected chi connectivity index (χ0v) is 14.6. The van der Waals surface area contributed by atoms with Crippen molar-refractivity contribution in [1.29, 1.82) is 0 Å². The Labute approximate surface area is 126 Å². The molecule has 2 nitrogen and oxygen atoms in total. The van der Waals surface area contributed by atoms with Gasteiger partial charge in [0.1, 0.15) is 0 Å². The molecular formula is C18H36N2. The molecule has 2 fully saturated rings. The van der Waals surface area contributed by atoms with Gasteiger partial charge in [-0.1, -0.05) is 41.5 Å². The summed E-state index contributed by atoms with van der Waals surface area (Å²) in [5.41, 5.74) is 0.996. The van der Waals surface area contributed by atoms with Gasteiger partial charge < -0.3 is 5.32 Å². The summed E-state index contributed by atoms with van der Waals surface area (Å²) in [6, 6.07) is 0.720. The van der Waals surface area contributed by atoms with Crippen LogP contribution in [0, 0.1) is 17.3 Å². The van der Waals surface area contributed by atoms with Crippen LogP contribution in [0.3, 0.4) is 0 Å². The highest BCUT2D eigenvalue weighted by atomic mass is 15.3. The summed E-state index contributed by atoms with van der Waals surface area (Å²) in [5, 5.41) is 3.89. The minimum absolute atomic E-state index is 0.360. The molecule has 0 aromatic rings. The van der Waals surface area contributed by atoms with Crippen LogP contribution >= 0.6 is 0 Å². The van der Waals surface area contributed by atoms with Gasteiger partial charge in [-0.15, -0.1) is 0 Å². The monoisotopic (exact) mass is 280 g/mol. The van der Waals surface area contributed by atoms with Gasteiger partial charge in [0, 0.05) is 31.2 Å². The summed E-state index contributed by atoms with van der Waals surface area (Å²) >= 11 is 0. The van der Waals surface area contributed by atoms with Gasteiger partial charge in [-0.05, 0) is 42.9 Å². The largest absolute Gasteiger partial charge is 0.308 e. The fourth-order valence-corrected chi connectivity index (χ4v) is 4.05. The van der Waals surface area contributed by atoms with Gasteiger partial charge in [0.15, 0.2) is 0 Å². The highest BCUT2D eigenvalue weighted by Gasteiger charge is 2.49. The average molecular weight is 280 g/mol. The summed E-state index contributed by atoms with van der Waals surface area (Å²) in [5.74, 6) is 1.58. The van der Waals surface area contributed by atoms with Gasteiger partial charge in [-0.25, -0.2) is 0 Å². The van der Waals surface area contributed by atoms with E-state index in [0.29, 0.717) is 11.0 Å². The zero-order chi connectivity index (χ0) is 15.0. The normalized spacial score (nSPS) is 29.1. The molecule has 1 saturated heterocycles. The van der Waals surface area contributed by atoms with Gasteiger partial charge in [0.2, 0.25) is 0 Å². The smallest absolute Gasteiger partial charge is 0.0304 e. The first-order chi connectivity index (χ1) is 9.38. The van der Waals surface area contributed by atoms with Gasteiger partial charge in [0.25, 0.3) is 0 Å². The molecule has 0 aromatic heterocycles. The molecule has 20 heavy (non-hydrogen) atoms. The van der Waals surface area contributed by atoms with Crippen molar-refractivity contribution in [3.05, 3.63) is 0 Å². The number of hydrogen-bond donors (Lipinski definition) is 1. The van der Waals surface area contributed by atoms with Gasteiger partial charge in [0.05, 0.1) is 0 Å². The van der Waals surface area contributed by atoms with Crippen LogP contribution < -0.4 is 5.32 Å². The fourth-order valence-electron chi connectivity index (χ4n) is 4.05. The summed E-state index contributed by atoms with van der Waals surface area (Å²) in [6.07, 6.45) is 5.40. The molecule has 1 heterocycles. The Morgan fingerprint density at radius 2 is 1.70 bits per heavy atom. The number of piperazine rings is 1. The van der Waals surface area contributed by atoms with Crippen LogP contribution in [0.1, 0.15) is 67.2 Å². The molecule has 2 aliphatic rings. The predicted molar refractivity (Wildman–Crippen MR) is 88.0 cm³/mol. The Kier molecular flexibility index (Phi) is 4.86. The van der Waals surface area contributed by atoms with E-state index in [4.69, 9.17) is 0 Å². The van der Waals surface area contributed by atoms with E-state index in [2.05, 4.69) is 51.8 Å². The molecule has 0 radical (unpaired) electrons. The van der Waals surface area contributed by atoms with Crippen molar-refractivity contribution in [3.8, 4) is 0 Å². The molecule has 0 aromatic carbocycles. The van der Waals surface area contributed by atoms with Crippen molar-refractivity contribution in [2.75, 3.05) is 19.6 Å². The van der Waals surface area contributed by atoms with Crippen molar-refractivity contribution in [3.63, 3.8) is 0 Å². The molecule has 1 aliphatic heterocycles. The standard InChI is InChI=1S/C18H36N2/c1-7-18(8-2)13-20(16(11-19-18)14(3)4)12-17(9-10-17)15(5)6/h14-16,19H,7-13H2,1-6H3. The highest BCUT2D eigenvalue weighted by Crippen LogP contribution is 2.53. The topological polar surface area (TPSA) is 15.3 Å². The van der Waals surface area contributed by atoms with E-state index in [9.17, 15) is 0 Å². The predicted octanol–water partition coefficient (Wildman–Crippen LogP) is 3.91. The van der Waals surface area contributed by atoms with E-state index < -0.39 is 0 Å². The number of nitrogens with one attached hydrogen (secondary N) is 1. The highest BCUT2D eigenvalue weighted by molar-refractivity contribution is 5.03. The second-order valence-corrected chi connectivity index (χ2v) is 8.10. The first-order valence-electron chi connectivity index (χ1n) is 8.87. The fraction of sp³-hybridized carbons (Fsp3) is 1.00. The Morgan fingerprint density at radius 3 is 2.10 bits per heavy atom. The molecule has 2 heteroatoms. The summed E-state index contributed by atoms with van der Waals surface area (Å²) in [7, 11) is 0. The Morgan fingerprint density at radius 1 is 1.10 bits per heavy atom. The molecule has 1 aliphatic carbocycles. The SMILES string of the molecule is CCC1(CC)CN(CC2(C(C)C)CC2)C(C(C)C)CN1. The molecule has 1 unspecified atom stereocenters. The minimum atomic E-state index is 0.360. The van der Waals surface area contributed by atoms with Gasteiger partial charge in [-0.3, -0.25) is 4.90 Å². The van der Waals surface area contributed by atoms with Crippen LogP contribution in [0.15, 0.2) is 0 Å².